The van der Waals surface area contributed by atoms with Gasteiger partial charge in [-0.1, -0.05) is 241 Å². The predicted molar refractivity (Wildman–Crippen MR) is 398 cm³/mol. The molecule has 468 valence electrons. The molecule has 0 aliphatic rings. The first kappa shape index (κ1) is 64.7. The van der Waals surface area contributed by atoms with Crippen molar-refractivity contribution in [1.29, 1.82) is 0 Å². The molecule has 0 atom stereocenters. The van der Waals surface area contributed by atoms with Gasteiger partial charge in [-0.2, -0.15) is 0 Å². The van der Waals surface area contributed by atoms with Crippen molar-refractivity contribution in [2.45, 2.75) is 0 Å². The number of fused-ring (bicyclic) bond motifs is 4. The summed E-state index contributed by atoms with van der Waals surface area (Å²) in [5.74, 6) is 1.43. The minimum atomic E-state index is 0.373. The van der Waals surface area contributed by atoms with Crippen molar-refractivity contribution in [2.24, 2.45) is 9.98 Å². The molecule has 16 aromatic rings. The second-order valence-corrected chi connectivity index (χ2v) is 25.0. The molecule has 15 nitrogen and oxygen atoms in total. The van der Waals surface area contributed by atoms with Crippen LogP contribution >= 0.6 is 94.2 Å². The monoisotopic (exact) mass is 1520 g/mol. The van der Waals surface area contributed by atoms with Crippen LogP contribution in [0.2, 0.25) is 20.1 Å². The van der Waals surface area contributed by atoms with Gasteiger partial charge in [0.15, 0.2) is 40.0 Å². The maximum atomic E-state index is 6.46. The third kappa shape index (κ3) is 14.5. The maximum absolute atomic E-state index is 6.46. The van der Waals surface area contributed by atoms with E-state index < -0.39 is 0 Å². The molecule has 22 heteroatoms. The number of nitrogen functional groups attached to an aromatic ring is 1. The number of nitrogens with two attached hydrogens (primary N) is 1. The summed E-state index contributed by atoms with van der Waals surface area (Å²) in [7, 11) is 0. The molecule has 0 unspecified atom stereocenters. The summed E-state index contributed by atoms with van der Waals surface area (Å²) < 4.78 is 9.95. The smallest absolute Gasteiger partial charge is 0.197 e. The van der Waals surface area contributed by atoms with E-state index in [2.05, 4.69) is 77.7 Å². The fourth-order valence-electron chi connectivity index (χ4n) is 10.3. The number of halogens is 7. The first-order valence-corrected chi connectivity index (χ1v) is 33.4. The number of benzene rings is 8. The lowest BCUT2D eigenvalue weighted by Gasteiger charge is -2.10. The van der Waals surface area contributed by atoms with Crippen molar-refractivity contribution in [3.8, 4) is 45.0 Å². The molecule has 0 amide bonds. The van der Waals surface area contributed by atoms with Crippen LogP contribution in [-0.2, 0) is 0 Å². The van der Waals surface area contributed by atoms with Crippen molar-refractivity contribution in [3.63, 3.8) is 0 Å². The molecular weight excluding hydrogens is 1480 g/mol. The van der Waals surface area contributed by atoms with Crippen molar-refractivity contribution in [1.82, 2.24) is 57.5 Å². The SMILES string of the molecule is Clc1ccccc1-c1cn2c(Br)cnc2c(N=C(c2ccccc2)c2ccccc2)n1.Clc1ccccc1-c1cn2ccnc2c(Br)n1.Clc1ccccc1-c1cn2ccnc2c(N=C(c2ccccc2)c2ccccc2)n1.Nc1nc(-c2ccccc2Cl)cn2c(Br)cnc12. The molecule has 2 N–H and O–H groups in total. The van der Waals surface area contributed by atoms with Gasteiger partial charge >= 0.3 is 0 Å². The fraction of sp³-hybridized carbons (Fsp3) is 0. The van der Waals surface area contributed by atoms with Gasteiger partial charge in [0, 0.05) is 94.1 Å². The average molecular weight is 1530 g/mol. The van der Waals surface area contributed by atoms with Crippen molar-refractivity contribution in [3.05, 3.63) is 337 Å². The van der Waals surface area contributed by atoms with Crippen LogP contribution in [0.3, 0.4) is 0 Å². The van der Waals surface area contributed by atoms with E-state index in [1.807, 2.05) is 273 Å². The third-order valence-electron chi connectivity index (χ3n) is 14.8. The largest absolute Gasteiger partial charge is 0.381 e. The standard InChI is InChI=1S/C25H16BrClN4.C25H17ClN4.C12H8BrClN4.C12H7BrClN3/c26-22-15-28-25-24(29-21(16-31(22)25)19-13-7-8-14-20(19)27)30-23(17-9-3-1-4-10-17)18-11-5-2-6-12-18;26-21-14-8-7-13-20(21)22-17-30-16-15-27-25(30)24(28-22)29-23(18-9-3-1-4-10-18)19-11-5-2-6-12-19;13-10-5-16-12-11(15)17-9(6-18(10)12)7-3-1-2-4-8(7)14;13-11-12-15-5-6-17(12)7-10(16-11)8-3-1-2-4-9(8)14/h1-16H;1-17H;1-6H,(H2,15,17);1-7H. The minimum Gasteiger partial charge on any atom is -0.381 e. The summed E-state index contributed by atoms with van der Waals surface area (Å²) in [6.45, 7) is 0. The molecule has 8 aromatic carbocycles. The molecule has 0 aliphatic heterocycles. The van der Waals surface area contributed by atoms with E-state index >= 15 is 0 Å². The van der Waals surface area contributed by atoms with Gasteiger partial charge in [-0.15, -0.1) is 0 Å². The Hall–Kier alpha value is -10.0. The third-order valence-corrected chi connectivity index (χ3v) is 17.8. The number of imidazole rings is 4. The van der Waals surface area contributed by atoms with Gasteiger partial charge < -0.3 is 14.5 Å². The van der Waals surface area contributed by atoms with Crippen molar-refractivity contribution < 1.29 is 0 Å². The molecule has 0 spiro atoms. The molecule has 0 radical (unpaired) electrons. The number of hydrogen-bond acceptors (Lipinski definition) is 11. The van der Waals surface area contributed by atoms with E-state index in [4.69, 9.17) is 72.1 Å². The summed E-state index contributed by atoms with van der Waals surface area (Å²) in [5, 5.41) is 2.60. The Labute approximate surface area is 595 Å². The topological polar surface area (TPSA) is 172 Å². The first-order chi connectivity index (χ1) is 46.9. The van der Waals surface area contributed by atoms with Crippen LogP contribution in [0.15, 0.2) is 304 Å². The lowest BCUT2D eigenvalue weighted by Crippen LogP contribution is -2.04. The Bertz CT molecular complexity index is 5410. The van der Waals surface area contributed by atoms with E-state index in [0.29, 0.717) is 64.8 Å². The molecule has 0 saturated heterocycles. The highest BCUT2D eigenvalue weighted by Gasteiger charge is 2.18. The van der Waals surface area contributed by atoms with E-state index in [1.165, 1.54) is 0 Å². The molecule has 0 aliphatic carbocycles. The highest BCUT2D eigenvalue weighted by Crippen LogP contribution is 2.35. The molecule has 96 heavy (non-hydrogen) atoms. The highest BCUT2D eigenvalue weighted by molar-refractivity contribution is 9.11. The fourth-order valence-corrected chi connectivity index (χ4v) is 12.4. The van der Waals surface area contributed by atoms with Crippen molar-refractivity contribution >= 4 is 146 Å². The zero-order chi connectivity index (χ0) is 66.1. The summed E-state index contributed by atoms with van der Waals surface area (Å²) >= 11 is 35.6. The predicted octanol–water partition coefficient (Wildman–Crippen LogP) is 20.4. The van der Waals surface area contributed by atoms with Gasteiger partial charge in [0.25, 0.3) is 0 Å². The summed E-state index contributed by atoms with van der Waals surface area (Å²) in [6, 6.07) is 70.8. The lowest BCUT2D eigenvalue weighted by molar-refractivity contribution is 1.10. The summed E-state index contributed by atoms with van der Waals surface area (Å²) in [6.07, 6.45) is 18.3. The van der Waals surface area contributed by atoms with Gasteiger partial charge in [-0.05, 0) is 72.1 Å². The van der Waals surface area contributed by atoms with Crippen LogP contribution in [0.4, 0.5) is 17.5 Å². The van der Waals surface area contributed by atoms with Gasteiger partial charge in [0.05, 0.1) is 66.7 Å². The van der Waals surface area contributed by atoms with Gasteiger partial charge in [-0.3, -0.25) is 8.80 Å². The van der Waals surface area contributed by atoms with Crippen LogP contribution in [0.1, 0.15) is 22.3 Å². The normalized spacial score (nSPS) is 10.9. The molecular formula is C74H48Br3Cl4N15. The minimum absolute atomic E-state index is 0.373. The molecule has 0 saturated carbocycles. The molecule has 0 bridgehead atoms. The van der Waals surface area contributed by atoms with Crippen molar-refractivity contribution in [2.75, 3.05) is 5.73 Å². The second kappa shape index (κ2) is 29.7. The molecule has 16 rings (SSSR count). The highest BCUT2D eigenvalue weighted by atomic mass is 79.9. The van der Waals surface area contributed by atoms with Crippen LogP contribution < -0.4 is 5.73 Å². The van der Waals surface area contributed by atoms with Crippen LogP contribution in [0, 0.1) is 0 Å². The summed E-state index contributed by atoms with van der Waals surface area (Å²) in [5.41, 5.74) is 20.8. The Balaban J connectivity index is 0.000000120. The quantitative estimate of drug-likeness (QED) is 0.131. The Kier molecular flexibility index (Phi) is 20.0. The number of aliphatic imine (C=N–C) groups is 2. The van der Waals surface area contributed by atoms with E-state index in [9.17, 15) is 0 Å². The number of aromatic nitrogens is 12. The van der Waals surface area contributed by atoms with Crippen LogP contribution in [-0.4, -0.2) is 68.9 Å². The second-order valence-electron chi connectivity index (χ2n) is 21.0. The Morgan fingerprint density at radius 1 is 0.344 bits per heavy atom. The number of nitrogens with zero attached hydrogens (tertiary/aromatic N) is 14. The first-order valence-electron chi connectivity index (χ1n) is 29.5. The Morgan fingerprint density at radius 2 is 0.667 bits per heavy atom. The lowest BCUT2D eigenvalue weighted by atomic mass is 10.0. The Morgan fingerprint density at radius 3 is 1.08 bits per heavy atom. The van der Waals surface area contributed by atoms with E-state index in [0.717, 1.165) is 87.9 Å². The van der Waals surface area contributed by atoms with E-state index in [-0.39, 0.29) is 0 Å². The number of anilines is 1. The van der Waals surface area contributed by atoms with Gasteiger partial charge in [0.1, 0.15) is 13.8 Å². The zero-order valence-electron chi connectivity index (χ0n) is 50.0. The molecule has 8 aromatic heterocycles. The number of hydrogen-bond donors (Lipinski definition) is 1. The molecule has 0 fully saturated rings. The zero-order valence-corrected chi connectivity index (χ0v) is 57.8. The van der Waals surface area contributed by atoms with Gasteiger partial charge in [-0.25, -0.2) is 49.9 Å². The van der Waals surface area contributed by atoms with Crippen LogP contribution in [0.5, 0.6) is 0 Å². The van der Waals surface area contributed by atoms with E-state index in [1.54, 1.807) is 24.8 Å². The summed E-state index contributed by atoms with van der Waals surface area (Å²) in [4.78, 5) is 45.9. The number of rotatable bonds is 10. The molecule has 8 heterocycles. The van der Waals surface area contributed by atoms with Gasteiger partial charge in [0.2, 0.25) is 0 Å². The maximum Gasteiger partial charge on any atom is 0.197 e. The van der Waals surface area contributed by atoms with Crippen LogP contribution in [0.25, 0.3) is 67.6 Å². The average Bonchev–Trinajstić information content (AvgIpc) is 1.58.